The summed E-state index contributed by atoms with van der Waals surface area (Å²) in [5.41, 5.74) is 2.70. The van der Waals surface area contributed by atoms with Crippen LogP contribution in [-0.2, 0) is 9.53 Å². The third-order valence-electron chi connectivity index (χ3n) is 5.11. The summed E-state index contributed by atoms with van der Waals surface area (Å²) in [7, 11) is 1.61. The molecule has 0 aliphatic carbocycles. The van der Waals surface area contributed by atoms with Gasteiger partial charge in [0.25, 0.3) is 0 Å². The van der Waals surface area contributed by atoms with Crippen LogP contribution in [-0.4, -0.2) is 57.3 Å². The van der Waals surface area contributed by atoms with Crippen molar-refractivity contribution in [2.45, 2.75) is 19.4 Å². The van der Waals surface area contributed by atoms with E-state index in [1.165, 1.54) is 0 Å². The van der Waals surface area contributed by atoms with Gasteiger partial charge in [-0.15, -0.1) is 0 Å². The number of morpholine rings is 1. The Kier molecular flexibility index (Phi) is 8.04. The smallest absolute Gasteiger partial charge is 0.246 e. The molecule has 1 fully saturated rings. The van der Waals surface area contributed by atoms with E-state index in [0.29, 0.717) is 11.4 Å². The molecule has 156 valence electrons. The van der Waals surface area contributed by atoms with Gasteiger partial charge in [-0.3, -0.25) is 9.69 Å². The first kappa shape index (κ1) is 21.3. The Morgan fingerprint density at radius 1 is 1.17 bits per heavy atom. The Labute approximate surface area is 173 Å². The van der Waals surface area contributed by atoms with Crippen molar-refractivity contribution in [1.82, 2.24) is 10.2 Å². The van der Waals surface area contributed by atoms with Gasteiger partial charge < -0.3 is 20.1 Å². The molecule has 0 spiro atoms. The topological polar surface area (TPSA) is 62.8 Å². The number of aryl methyl sites for hydroxylation is 1. The number of rotatable bonds is 9. The lowest BCUT2D eigenvalue weighted by atomic mass is 10.1. The molecule has 1 heterocycles. The van der Waals surface area contributed by atoms with Crippen LogP contribution in [0, 0.1) is 6.92 Å². The Morgan fingerprint density at radius 3 is 2.66 bits per heavy atom. The minimum atomic E-state index is -0.425. The number of hydrogen-bond donors (Lipinski definition) is 2. The fraction of sp³-hybridized carbons (Fsp3) is 0.435. The Morgan fingerprint density at radius 2 is 1.93 bits per heavy atom. The minimum absolute atomic E-state index is 0.0912. The molecular weight excluding hydrogens is 366 g/mol. The van der Waals surface area contributed by atoms with Crippen LogP contribution in [0.5, 0.6) is 5.75 Å². The number of amides is 1. The number of anilines is 1. The molecular formula is C23H31N3O3. The molecule has 1 atom stereocenters. The zero-order valence-corrected chi connectivity index (χ0v) is 17.3. The molecule has 0 bridgehead atoms. The van der Waals surface area contributed by atoms with Crippen molar-refractivity contribution in [3.05, 3.63) is 59.7 Å². The summed E-state index contributed by atoms with van der Waals surface area (Å²) in [6.45, 7) is 7.33. The molecule has 1 aliphatic rings. The molecule has 0 saturated carbocycles. The van der Waals surface area contributed by atoms with Gasteiger partial charge in [0.2, 0.25) is 5.91 Å². The number of hydrogen-bond acceptors (Lipinski definition) is 5. The normalized spacial score (nSPS) is 15.7. The predicted octanol–water partition coefficient (Wildman–Crippen LogP) is 3.00. The van der Waals surface area contributed by atoms with Crippen LogP contribution in [0.15, 0.2) is 48.5 Å². The summed E-state index contributed by atoms with van der Waals surface area (Å²) in [4.78, 5) is 15.5. The van der Waals surface area contributed by atoms with Crippen LogP contribution in [0.4, 0.5) is 5.69 Å². The molecule has 2 N–H and O–H groups in total. The largest absolute Gasteiger partial charge is 0.495 e. The van der Waals surface area contributed by atoms with E-state index in [1.54, 1.807) is 7.11 Å². The van der Waals surface area contributed by atoms with Crippen molar-refractivity contribution >= 4 is 11.6 Å². The number of carbonyl (C=O) groups is 1. The highest BCUT2D eigenvalue weighted by molar-refractivity contribution is 5.96. The van der Waals surface area contributed by atoms with Crippen molar-refractivity contribution in [3.8, 4) is 5.75 Å². The fourth-order valence-electron chi connectivity index (χ4n) is 3.51. The van der Waals surface area contributed by atoms with Gasteiger partial charge in [-0.25, -0.2) is 0 Å². The maximum atomic E-state index is 13.1. The second-order valence-electron chi connectivity index (χ2n) is 7.30. The van der Waals surface area contributed by atoms with Crippen LogP contribution < -0.4 is 15.4 Å². The molecule has 3 rings (SSSR count). The van der Waals surface area contributed by atoms with E-state index in [-0.39, 0.29) is 5.91 Å². The summed E-state index contributed by atoms with van der Waals surface area (Å²) in [5.74, 6) is 0.564. The van der Waals surface area contributed by atoms with Gasteiger partial charge >= 0.3 is 0 Å². The summed E-state index contributed by atoms with van der Waals surface area (Å²) in [6, 6.07) is 15.2. The molecule has 1 saturated heterocycles. The van der Waals surface area contributed by atoms with Gasteiger partial charge in [0.1, 0.15) is 11.8 Å². The Bertz CT molecular complexity index is 776. The lowest BCUT2D eigenvalue weighted by Crippen LogP contribution is -2.39. The molecule has 29 heavy (non-hydrogen) atoms. The average molecular weight is 398 g/mol. The predicted molar refractivity (Wildman–Crippen MR) is 115 cm³/mol. The maximum absolute atomic E-state index is 13.1. The van der Waals surface area contributed by atoms with E-state index < -0.39 is 6.04 Å². The van der Waals surface area contributed by atoms with E-state index in [0.717, 1.165) is 56.9 Å². The quantitative estimate of drug-likeness (QED) is 0.637. The highest BCUT2D eigenvalue weighted by Crippen LogP contribution is 2.26. The first-order chi connectivity index (χ1) is 14.2. The average Bonchev–Trinajstić information content (AvgIpc) is 2.75. The highest BCUT2D eigenvalue weighted by Gasteiger charge is 2.21. The van der Waals surface area contributed by atoms with Gasteiger partial charge in [-0.05, 0) is 49.7 Å². The lowest BCUT2D eigenvalue weighted by molar-refractivity contribution is -0.118. The molecule has 0 aromatic heterocycles. The zero-order valence-electron chi connectivity index (χ0n) is 17.3. The van der Waals surface area contributed by atoms with Crippen molar-refractivity contribution in [1.29, 1.82) is 0 Å². The van der Waals surface area contributed by atoms with Crippen LogP contribution in [0.1, 0.15) is 23.6 Å². The van der Waals surface area contributed by atoms with E-state index in [1.807, 2.05) is 55.5 Å². The summed E-state index contributed by atoms with van der Waals surface area (Å²) < 4.78 is 10.8. The molecule has 1 unspecified atom stereocenters. The van der Waals surface area contributed by atoms with Crippen molar-refractivity contribution in [2.24, 2.45) is 0 Å². The second-order valence-corrected chi connectivity index (χ2v) is 7.30. The molecule has 0 radical (unpaired) electrons. The summed E-state index contributed by atoms with van der Waals surface area (Å²) in [5, 5.41) is 6.47. The maximum Gasteiger partial charge on any atom is 0.246 e. The van der Waals surface area contributed by atoms with Crippen LogP contribution in [0.2, 0.25) is 0 Å². The number of nitrogens with one attached hydrogen (secondary N) is 2. The van der Waals surface area contributed by atoms with Crippen molar-refractivity contribution in [2.75, 3.05) is 51.8 Å². The number of ether oxygens (including phenoxy) is 2. The van der Waals surface area contributed by atoms with Crippen LogP contribution in [0.3, 0.4) is 0 Å². The first-order valence-corrected chi connectivity index (χ1v) is 10.2. The molecule has 2 aromatic rings. The van der Waals surface area contributed by atoms with E-state index in [2.05, 4.69) is 15.5 Å². The fourth-order valence-corrected chi connectivity index (χ4v) is 3.51. The highest BCUT2D eigenvalue weighted by atomic mass is 16.5. The van der Waals surface area contributed by atoms with Gasteiger partial charge in [0, 0.05) is 13.1 Å². The number of carbonyl (C=O) groups excluding carboxylic acids is 1. The van der Waals surface area contributed by atoms with Crippen molar-refractivity contribution < 1.29 is 14.3 Å². The molecule has 6 heteroatoms. The zero-order chi connectivity index (χ0) is 20.5. The Hall–Kier alpha value is -2.41. The van der Waals surface area contributed by atoms with Gasteiger partial charge in [-0.2, -0.15) is 0 Å². The summed E-state index contributed by atoms with van der Waals surface area (Å²) >= 11 is 0. The number of methoxy groups -OCH3 is 1. The van der Waals surface area contributed by atoms with Gasteiger partial charge in [0.15, 0.2) is 0 Å². The third kappa shape index (κ3) is 6.29. The molecule has 1 aliphatic heterocycles. The minimum Gasteiger partial charge on any atom is -0.495 e. The van der Waals surface area contributed by atoms with Crippen LogP contribution in [0.25, 0.3) is 0 Å². The molecule has 6 nitrogen and oxygen atoms in total. The number of nitrogens with zero attached hydrogens (tertiary/aromatic N) is 1. The summed E-state index contributed by atoms with van der Waals surface area (Å²) in [6.07, 6.45) is 0.977. The van der Waals surface area contributed by atoms with E-state index in [9.17, 15) is 4.79 Å². The monoisotopic (exact) mass is 397 g/mol. The van der Waals surface area contributed by atoms with E-state index >= 15 is 0 Å². The SMILES string of the molecule is COc1ccc(C)cc1NC(=O)C(NCCCN1CCOCC1)c1ccccc1. The van der Waals surface area contributed by atoms with Gasteiger partial charge in [0.05, 0.1) is 26.0 Å². The van der Waals surface area contributed by atoms with Crippen LogP contribution >= 0.6 is 0 Å². The molecule has 2 aromatic carbocycles. The first-order valence-electron chi connectivity index (χ1n) is 10.2. The molecule has 1 amide bonds. The third-order valence-corrected chi connectivity index (χ3v) is 5.11. The lowest BCUT2D eigenvalue weighted by Gasteiger charge is -2.27. The standard InChI is InChI=1S/C23H31N3O3/c1-18-9-10-21(28-2)20(17-18)25-23(27)22(19-7-4-3-5-8-19)24-11-6-12-26-13-15-29-16-14-26/h3-5,7-10,17,22,24H,6,11-16H2,1-2H3,(H,25,27). The Balaban J connectivity index is 1.63. The number of benzene rings is 2. The van der Waals surface area contributed by atoms with Crippen molar-refractivity contribution in [3.63, 3.8) is 0 Å². The van der Waals surface area contributed by atoms with E-state index in [4.69, 9.17) is 9.47 Å². The second kappa shape index (κ2) is 11.0. The van der Waals surface area contributed by atoms with Gasteiger partial charge in [-0.1, -0.05) is 36.4 Å².